The number of carbonyl (C=O) groups excluding carboxylic acids is 1. The summed E-state index contributed by atoms with van der Waals surface area (Å²) in [6, 6.07) is 0. The maximum atomic E-state index is 13.0. The van der Waals surface area contributed by atoms with Crippen molar-refractivity contribution in [3.63, 3.8) is 0 Å². The van der Waals surface area contributed by atoms with Gasteiger partial charge in [-0.2, -0.15) is 13.2 Å². The Labute approximate surface area is 128 Å². The molecule has 2 fully saturated rings. The zero-order valence-corrected chi connectivity index (χ0v) is 12.9. The molecule has 122 valence electrons. The standard InChI is InChI=1S/C15H23ClF3NO/c16-9-14(7-3-4-8-14)10-20-13(21)11-5-1-2-6-12(11)15(17,18)19/h11-12H,1-10H2,(H,20,21). The zero-order valence-electron chi connectivity index (χ0n) is 12.1. The highest BCUT2D eigenvalue weighted by molar-refractivity contribution is 6.18. The largest absolute Gasteiger partial charge is 0.392 e. The van der Waals surface area contributed by atoms with Crippen LogP contribution in [0.5, 0.6) is 0 Å². The van der Waals surface area contributed by atoms with Crippen LogP contribution in [0.25, 0.3) is 0 Å². The highest BCUT2D eigenvalue weighted by Crippen LogP contribution is 2.42. The van der Waals surface area contributed by atoms with Crippen LogP contribution in [0, 0.1) is 17.3 Å². The Morgan fingerprint density at radius 2 is 1.76 bits per heavy atom. The molecule has 2 atom stereocenters. The molecule has 2 rings (SSSR count). The molecule has 0 aromatic heterocycles. The minimum Gasteiger partial charge on any atom is -0.355 e. The van der Waals surface area contributed by atoms with Gasteiger partial charge in [-0.3, -0.25) is 4.79 Å². The SMILES string of the molecule is O=C(NCC1(CCl)CCCC1)C1CCCCC1C(F)(F)F. The minimum absolute atomic E-state index is 0.0717. The van der Waals surface area contributed by atoms with Gasteiger partial charge in [-0.05, 0) is 25.7 Å². The topological polar surface area (TPSA) is 29.1 Å². The molecule has 2 saturated carbocycles. The third-order valence-corrected chi connectivity index (χ3v) is 5.68. The lowest BCUT2D eigenvalue weighted by atomic mass is 9.78. The second kappa shape index (κ2) is 6.76. The first-order valence-electron chi connectivity index (χ1n) is 7.78. The molecule has 0 heterocycles. The number of hydrogen-bond acceptors (Lipinski definition) is 1. The van der Waals surface area contributed by atoms with Crippen LogP contribution in [0.3, 0.4) is 0 Å². The first-order valence-corrected chi connectivity index (χ1v) is 8.32. The number of carbonyl (C=O) groups is 1. The number of alkyl halides is 4. The summed E-state index contributed by atoms with van der Waals surface area (Å²) < 4.78 is 39.1. The summed E-state index contributed by atoms with van der Waals surface area (Å²) in [6.45, 7) is 0.413. The first-order chi connectivity index (χ1) is 9.88. The Bertz CT molecular complexity index is 366. The Morgan fingerprint density at radius 3 is 2.33 bits per heavy atom. The van der Waals surface area contributed by atoms with Gasteiger partial charge in [-0.15, -0.1) is 11.6 Å². The molecule has 2 unspecified atom stereocenters. The van der Waals surface area contributed by atoms with E-state index in [4.69, 9.17) is 11.6 Å². The third-order valence-electron chi connectivity index (χ3n) is 5.11. The second-order valence-corrected chi connectivity index (χ2v) is 6.86. The van der Waals surface area contributed by atoms with Crippen LogP contribution in [0.1, 0.15) is 51.4 Å². The molecule has 0 aromatic carbocycles. The van der Waals surface area contributed by atoms with E-state index in [1.807, 2.05) is 0 Å². The lowest BCUT2D eigenvalue weighted by Crippen LogP contribution is -2.45. The number of halogens is 4. The van der Waals surface area contributed by atoms with Crippen molar-refractivity contribution in [2.75, 3.05) is 12.4 Å². The minimum atomic E-state index is -4.28. The van der Waals surface area contributed by atoms with Crippen molar-refractivity contribution < 1.29 is 18.0 Å². The Morgan fingerprint density at radius 1 is 1.14 bits per heavy atom. The summed E-state index contributed by atoms with van der Waals surface area (Å²) in [5.74, 6) is -2.39. The molecule has 21 heavy (non-hydrogen) atoms. The maximum Gasteiger partial charge on any atom is 0.392 e. The molecule has 2 aliphatic carbocycles. The maximum absolute atomic E-state index is 13.0. The fourth-order valence-electron chi connectivity index (χ4n) is 3.72. The molecule has 2 nitrogen and oxygen atoms in total. The van der Waals surface area contributed by atoms with Crippen LogP contribution in [0.15, 0.2) is 0 Å². The van der Waals surface area contributed by atoms with Crippen LogP contribution < -0.4 is 5.32 Å². The number of rotatable bonds is 4. The van der Waals surface area contributed by atoms with Crippen LogP contribution in [-0.4, -0.2) is 24.5 Å². The van der Waals surface area contributed by atoms with Crippen molar-refractivity contribution in [1.29, 1.82) is 0 Å². The van der Waals surface area contributed by atoms with Crippen molar-refractivity contribution in [3.05, 3.63) is 0 Å². The Kier molecular flexibility index (Phi) is 5.44. The first kappa shape index (κ1) is 16.9. The molecular formula is C15H23ClF3NO. The van der Waals surface area contributed by atoms with E-state index in [2.05, 4.69) is 5.32 Å². The lowest BCUT2D eigenvalue weighted by molar-refractivity contribution is -0.198. The van der Waals surface area contributed by atoms with E-state index in [0.717, 1.165) is 25.7 Å². The molecule has 1 amide bonds. The molecule has 1 N–H and O–H groups in total. The van der Waals surface area contributed by atoms with Crippen LogP contribution in [-0.2, 0) is 4.79 Å². The molecule has 0 saturated heterocycles. The summed E-state index contributed by atoms with van der Waals surface area (Å²) in [5.41, 5.74) is -0.111. The van der Waals surface area contributed by atoms with E-state index in [0.29, 0.717) is 31.7 Å². The molecular weight excluding hydrogens is 303 g/mol. The second-order valence-electron chi connectivity index (χ2n) is 6.60. The summed E-state index contributed by atoms with van der Waals surface area (Å²) in [4.78, 5) is 12.2. The van der Waals surface area contributed by atoms with Crippen molar-refractivity contribution in [2.45, 2.75) is 57.5 Å². The molecule has 0 aromatic rings. The molecule has 0 aliphatic heterocycles. The van der Waals surface area contributed by atoms with Gasteiger partial charge in [-0.25, -0.2) is 0 Å². The molecule has 2 aliphatic rings. The van der Waals surface area contributed by atoms with E-state index < -0.39 is 23.9 Å². The van der Waals surface area contributed by atoms with Gasteiger partial charge in [0.2, 0.25) is 5.91 Å². The van der Waals surface area contributed by atoms with E-state index in [1.165, 1.54) is 0 Å². The summed E-state index contributed by atoms with van der Waals surface area (Å²) in [7, 11) is 0. The van der Waals surface area contributed by atoms with E-state index in [1.54, 1.807) is 0 Å². The van der Waals surface area contributed by atoms with Gasteiger partial charge in [0.25, 0.3) is 0 Å². The van der Waals surface area contributed by atoms with Crippen molar-refractivity contribution in [1.82, 2.24) is 5.32 Å². The van der Waals surface area contributed by atoms with Crippen LogP contribution in [0.4, 0.5) is 13.2 Å². The summed E-state index contributed by atoms with van der Waals surface area (Å²) in [6.07, 6.45) is 1.44. The Balaban J connectivity index is 1.95. The third kappa shape index (κ3) is 4.05. The fourth-order valence-corrected chi connectivity index (χ4v) is 4.09. The molecule has 0 spiro atoms. The van der Waals surface area contributed by atoms with Gasteiger partial charge in [0.15, 0.2) is 0 Å². The van der Waals surface area contributed by atoms with Gasteiger partial charge >= 0.3 is 6.18 Å². The monoisotopic (exact) mass is 325 g/mol. The summed E-state index contributed by atoms with van der Waals surface area (Å²) >= 11 is 6.00. The quantitative estimate of drug-likeness (QED) is 0.768. The van der Waals surface area contributed by atoms with Gasteiger partial charge in [-0.1, -0.05) is 25.7 Å². The number of amides is 1. The lowest BCUT2D eigenvalue weighted by Gasteiger charge is -2.33. The molecule has 0 bridgehead atoms. The van der Waals surface area contributed by atoms with Gasteiger partial charge in [0.05, 0.1) is 5.92 Å². The average molecular weight is 326 g/mol. The van der Waals surface area contributed by atoms with Crippen molar-refractivity contribution in [2.24, 2.45) is 17.3 Å². The summed E-state index contributed by atoms with van der Waals surface area (Å²) in [5, 5.41) is 2.76. The van der Waals surface area contributed by atoms with E-state index in [-0.39, 0.29) is 11.8 Å². The predicted octanol–water partition coefficient (Wildman–Crippen LogP) is 4.27. The van der Waals surface area contributed by atoms with Gasteiger partial charge < -0.3 is 5.32 Å². The smallest absolute Gasteiger partial charge is 0.355 e. The van der Waals surface area contributed by atoms with Gasteiger partial charge in [0, 0.05) is 23.8 Å². The molecule has 0 radical (unpaired) electrons. The normalized spacial score (nSPS) is 29.3. The zero-order chi connectivity index (χ0) is 15.5. The predicted molar refractivity (Wildman–Crippen MR) is 76.1 cm³/mol. The highest BCUT2D eigenvalue weighted by atomic mass is 35.5. The Hall–Kier alpha value is -0.450. The number of nitrogens with one attached hydrogen (secondary N) is 1. The van der Waals surface area contributed by atoms with Crippen molar-refractivity contribution >= 4 is 17.5 Å². The van der Waals surface area contributed by atoms with Crippen LogP contribution >= 0.6 is 11.6 Å². The highest BCUT2D eigenvalue weighted by Gasteiger charge is 2.48. The average Bonchev–Trinajstić information content (AvgIpc) is 2.93. The van der Waals surface area contributed by atoms with Gasteiger partial charge in [0.1, 0.15) is 0 Å². The molecule has 6 heteroatoms. The van der Waals surface area contributed by atoms with E-state index >= 15 is 0 Å². The van der Waals surface area contributed by atoms with Crippen LogP contribution in [0.2, 0.25) is 0 Å². The fraction of sp³-hybridized carbons (Fsp3) is 0.933. The van der Waals surface area contributed by atoms with Crippen molar-refractivity contribution in [3.8, 4) is 0 Å². The van der Waals surface area contributed by atoms with E-state index in [9.17, 15) is 18.0 Å². The number of hydrogen-bond donors (Lipinski definition) is 1.